The summed E-state index contributed by atoms with van der Waals surface area (Å²) in [6.07, 6.45) is 3.94. The lowest BCUT2D eigenvalue weighted by molar-refractivity contribution is 0.0996. The molecule has 6 heteroatoms. The van der Waals surface area contributed by atoms with Gasteiger partial charge in [0.1, 0.15) is 0 Å². The minimum absolute atomic E-state index is 0.157. The molecule has 2 aromatic carbocycles. The molecule has 0 saturated carbocycles. The molecular formula is C24H25N3O3. The van der Waals surface area contributed by atoms with E-state index >= 15 is 0 Å². The van der Waals surface area contributed by atoms with E-state index in [1.165, 1.54) is 11.8 Å². The normalized spacial score (nSPS) is 10.3. The number of carbonyl (C=O) groups is 2. The summed E-state index contributed by atoms with van der Waals surface area (Å²) < 4.78 is 5.10. The molecule has 6 nitrogen and oxygen atoms in total. The average Bonchev–Trinajstić information content (AvgIpc) is 3.31. The molecule has 0 aliphatic rings. The van der Waals surface area contributed by atoms with Crippen molar-refractivity contribution in [3.05, 3.63) is 103 Å². The van der Waals surface area contributed by atoms with Gasteiger partial charge in [0.2, 0.25) is 0 Å². The van der Waals surface area contributed by atoms with Gasteiger partial charge in [0, 0.05) is 25.3 Å². The second kappa shape index (κ2) is 10.7. The Bertz CT molecular complexity index is 968. The van der Waals surface area contributed by atoms with Crippen molar-refractivity contribution in [1.29, 1.82) is 0 Å². The molecule has 1 aromatic heterocycles. The fraction of sp³-hybridized carbons (Fsp3) is 0.167. The number of amides is 3. The molecule has 0 radical (unpaired) electrons. The van der Waals surface area contributed by atoms with E-state index < -0.39 is 0 Å². The lowest BCUT2D eigenvalue weighted by Gasteiger charge is -2.22. The highest BCUT2D eigenvalue weighted by Crippen LogP contribution is 2.13. The summed E-state index contributed by atoms with van der Waals surface area (Å²) in [6, 6.07) is 20.5. The Morgan fingerprint density at radius 1 is 1.00 bits per heavy atom. The van der Waals surface area contributed by atoms with Crippen LogP contribution in [-0.2, 0) is 13.0 Å². The van der Waals surface area contributed by atoms with E-state index in [4.69, 9.17) is 4.42 Å². The van der Waals surface area contributed by atoms with Gasteiger partial charge in [-0.05, 0) is 41.8 Å². The van der Waals surface area contributed by atoms with Crippen molar-refractivity contribution < 1.29 is 14.0 Å². The minimum Gasteiger partial charge on any atom is -0.459 e. The summed E-state index contributed by atoms with van der Waals surface area (Å²) in [5.74, 6) is -0.0774. The predicted molar refractivity (Wildman–Crippen MR) is 117 cm³/mol. The van der Waals surface area contributed by atoms with Gasteiger partial charge >= 0.3 is 6.03 Å². The largest absolute Gasteiger partial charge is 0.459 e. The first-order valence-corrected chi connectivity index (χ1v) is 9.77. The van der Waals surface area contributed by atoms with Crippen molar-refractivity contribution in [2.45, 2.75) is 13.0 Å². The Labute approximate surface area is 176 Å². The molecule has 0 spiro atoms. The van der Waals surface area contributed by atoms with E-state index in [-0.39, 0.29) is 17.7 Å². The molecule has 1 heterocycles. The van der Waals surface area contributed by atoms with Gasteiger partial charge in [-0.1, -0.05) is 48.5 Å². The Morgan fingerprint density at radius 3 is 2.53 bits per heavy atom. The van der Waals surface area contributed by atoms with E-state index in [1.54, 1.807) is 29.2 Å². The molecule has 0 saturated heterocycles. The van der Waals surface area contributed by atoms with Crippen LogP contribution in [0.25, 0.3) is 0 Å². The van der Waals surface area contributed by atoms with E-state index in [9.17, 15) is 9.59 Å². The third-order valence-corrected chi connectivity index (χ3v) is 4.52. The first-order valence-electron chi connectivity index (χ1n) is 9.77. The summed E-state index contributed by atoms with van der Waals surface area (Å²) in [4.78, 5) is 26.5. The first-order chi connectivity index (χ1) is 14.7. The molecule has 0 unspecified atom stereocenters. The molecular weight excluding hydrogens is 378 g/mol. The highest BCUT2D eigenvalue weighted by atomic mass is 16.3. The second-order valence-electron chi connectivity index (χ2n) is 6.76. The minimum atomic E-state index is -0.320. The third-order valence-electron chi connectivity index (χ3n) is 4.52. The number of benzene rings is 2. The fourth-order valence-corrected chi connectivity index (χ4v) is 2.99. The van der Waals surface area contributed by atoms with Crippen LogP contribution in [0.1, 0.15) is 21.7 Å². The Hall–Kier alpha value is -3.80. The number of urea groups is 1. The van der Waals surface area contributed by atoms with Gasteiger partial charge in [-0.15, -0.1) is 6.58 Å². The number of hydrogen-bond donors (Lipinski definition) is 2. The van der Waals surface area contributed by atoms with Crippen LogP contribution in [0.3, 0.4) is 0 Å². The molecule has 2 N–H and O–H groups in total. The number of hydrogen-bond acceptors (Lipinski definition) is 3. The number of furan rings is 1. The molecule has 3 amide bonds. The predicted octanol–water partition coefficient (Wildman–Crippen LogP) is 4.47. The number of nitrogens with zero attached hydrogens (tertiary/aromatic N) is 1. The Morgan fingerprint density at radius 2 is 1.80 bits per heavy atom. The molecule has 3 aromatic rings. The molecule has 0 atom stereocenters. The quantitative estimate of drug-likeness (QED) is 0.518. The molecule has 30 heavy (non-hydrogen) atoms. The average molecular weight is 403 g/mol. The Balaban J connectivity index is 1.54. The zero-order chi connectivity index (χ0) is 21.2. The van der Waals surface area contributed by atoms with Crippen LogP contribution in [0.2, 0.25) is 0 Å². The maximum atomic E-state index is 12.6. The second-order valence-corrected chi connectivity index (χ2v) is 6.76. The zero-order valence-corrected chi connectivity index (χ0v) is 16.7. The van der Waals surface area contributed by atoms with E-state index in [0.717, 1.165) is 12.0 Å². The Kier molecular flexibility index (Phi) is 7.44. The van der Waals surface area contributed by atoms with Crippen molar-refractivity contribution in [2.75, 3.05) is 18.4 Å². The maximum absolute atomic E-state index is 12.6. The first kappa shape index (κ1) is 20.9. The summed E-state index contributed by atoms with van der Waals surface area (Å²) in [6.45, 7) is 5.16. The van der Waals surface area contributed by atoms with Crippen LogP contribution >= 0.6 is 0 Å². The zero-order valence-electron chi connectivity index (χ0n) is 16.7. The van der Waals surface area contributed by atoms with Crippen LogP contribution in [0, 0.1) is 0 Å². The van der Waals surface area contributed by atoms with Gasteiger partial charge in [-0.25, -0.2) is 4.79 Å². The lowest BCUT2D eigenvalue weighted by atomic mass is 10.1. The molecule has 0 fully saturated rings. The van der Waals surface area contributed by atoms with Crippen molar-refractivity contribution in [3.63, 3.8) is 0 Å². The van der Waals surface area contributed by atoms with Gasteiger partial charge in [0.05, 0.1) is 6.26 Å². The van der Waals surface area contributed by atoms with E-state index in [2.05, 4.69) is 17.2 Å². The van der Waals surface area contributed by atoms with Gasteiger partial charge < -0.3 is 20.0 Å². The van der Waals surface area contributed by atoms with Gasteiger partial charge in [0.25, 0.3) is 5.91 Å². The van der Waals surface area contributed by atoms with Gasteiger partial charge in [0.15, 0.2) is 5.76 Å². The number of anilines is 1. The van der Waals surface area contributed by atoms with Crippen LogP contribution in [0.5, 0.6) is 0 Å². The summed E-state index contributed by atoms with van der Waals surface area (Å²) in [7, 11) is 0. The van der Waals surface area contributed by atoms with Crippen LogP contribution in [-0.4, -0.2) is 29.9 Å². The lowest BCUT2D eigenvalue weighted by Crippen LogP contribution is -2.40. The van der Waals surface area contributed by atoms with Gasteiger partial charge in [-0.3, -0.25) is 4.79 Å². The fourth-order valence-electron chi connectivity index (χ4n) is 2.99. The van der Waals surface area contributed by atoms with E-state index in [0.29, 0.717) is 25.3 Å². The standard InChI is InChI=1S/C24H25N3O3/c1-2-14-27(15-13-19-8-4-3-5-9-19)24(29)25-18-20-10-6-11-21(17-20)26-23(28)22-12-7-16-30-22/h2-12,16-17H,1,13-15,18H2,(H,25,29)(H,26,28). The van der Waals surface area contributed by atoms with Crippen molar-refractivity contribution >= 4 is 17.6 Å². The highest BCUT2D eigenvalue weighted by Gasteiger charge is 2.12. The molecule has 154 valence electrons. The maximum Gasteiger partial charge on any atom is 0.317 e. The van der Waals surface area contributed by atoms with Crippen molar-refractivity contribution in [2.24, 2.45) is 0 Å². The number of carbonyl (C=O) groups excluding carboxylic acids is 2. The summed E-state index contributed by atoms with van der Waals surface area (Å²) >= 11 is 0. The highest BCUT2D eigenvalue weighted by molar-refractivity contribution is 6.02. The summed E-state index contributed by atoms with van der Waals surface area (Å²) in [5.41, 5.74) is 2.69. The van der Waals surface area contributed by atoms with Gasteiger partial charge in [-0.2, -0.15) is 0 Å². The monoisotopic (exact) mass is 403 g/mol. The van der Waals surface area contributed by atoms with Crippen molar-refractivity contribution in [1.82, 2.24) is 10.2 Å². The molecule has 0 aliphatic carbocycles. The SMILES string of the molecule is C=CCN(CCc1ccccc1)C(=O)NCc1cccc(NC(=O)c2ccco2)c1. The number of nitrogens with one attached hydrogen (secondary N) is 2. The number of rotatable bonds is 9. The van der Waals surface area contributed by atoms with E-state index in [1.807, 2.05) is 48.5 Å². The van der Waals surface area contributed by atoms with Crippen LogP contribution in [0.15, 0.2) is 90.1 Å². The molecule has 0 aliphatic heterocycles. The smallest absolute Gasteiger partial charge is 0.317 e. The van der Waals surface area contributed by atoms with Crippen molar-refractivity contribution in [3.8, 4) is 0 Å². The summed E-state index contributed by atoms with van der Waals surface area (Å²) in [5, 5.41) is 5.72. The van der Waals surface area contributed by atoms with Crippen LogP contribution in [0.4, 0.5) is 10.5 Å². The molecule has 3 rings (SSSR count). The van der Waals surface area contributed by atoms with Crippen LogP contribution < -0.4 is 10.6 Å². The topological polar surface area (TPSA) is 74.6 Å². The molecule has 0 bridgehead atoms. The third kappa shape index (κ3) is 6.10.